The summed E-state index contributed by atoms with van der Waals surface area (Å²) < 4.78 is 6.44. The predicted molar refractivity (Wildman–Crippen MR) is 98.9 cm³/mol. The van der Waals surface area contributed by atoms with Crippen LogP contribution < -0.4 is 11.1 Å². The topological polar surface area (TPSA) is 99.2 Å². The number of amides is 1. The number of pyridine rings is 1. The minimum Gasteiger partial charge on any atom is -0.450 e. The number of alkyl carbamates (subject to hydrolysis) is 1. The van der Waals surface area contributed by atoms with Gasteiger partial charge in [-0.05, 0) is 44.2 Å². The van der Waals surface area contributed by atoms with Gasteiger partial charge in [-0.3, -0.25) is 14.3 Å². The standard InChI is InChI=1S/C19H20N4O3/c1-3-26-19(25)22-11-14-10-13(7-8-21-14)18(24)23-12(2)9-15-16(20)5-4-6-17(15)23/h4-10H,3,11,20H2,1-2H3,(H,22,25). The van der Waals surface area contributed by atoms with Crippen LogP contribution in [0.25, 0.3) is 10.9 Å². The number of aryl methyl sites for hydroxylation is 1. The summed E-state index contributed by atoms with van der Waals surface area (Å²) >= 11 is 0. The highest BCUT2D eigenvalue weighted by molar-refractivity contribution is 6.05. The molecule has 0 aliphatic carbocycles. The number of nitrogen functional groups attached to an aromatic ring is 1. The van der Waals surface area contributed by atoms with Crippen LogP contribution in [0.1, 0.15) is 28.7 Å². The summed E-state index contributed by atoms with van der Waals surface area (Å²) in [6.45, 7) is 4.06. The van der Waals surface area contributed by atoms with E-state index in [4.69, 9.17) is 10.5 Å². The molecule has 0 saturated heterocycles. The zero-order valence-corrected chi connectivity index (χ0v) is 14.7. The van der Waals surface area contributed by atoms with Crippen molar-refractivity contribution < 1.29 is 14.3 Å². The van der Waals surface area contributed by atoms with Crippen molar-refractivity contribution in [2.45, 2.75) is 20.4 Å². The summed E-state index contributed by atoms with van der Waals surface area (Å²) in [5.41, 5.74) is 9.24. The molecule has 134 valence electrons. The lowest BCUT2D eigenvalue weighted by Crippen LogP contribution is -2.24. The lowest BCUT2D eigenvalue weighted by molar-refractivity contribution is 0.0963. The lowest BCUT2D eigenvalue weighted by Gasteiger charge is -2.09. The van der Waals surface area contributed by atoms with E-state index in [1.54, 1.807) is 29.8 Å². The number of rotatable bonds is 4. The van der Waals surface area contributed by atoms with Gasteiger partial charge in [0.1, 0.15) is 0 Å². The first-order chi connectivity index (χ1) is 12.5. The SMILES string of the molecule is CCOC(=O)NCc1cc(C(=O)n2c(C)cc3c(N)cccc32)ccn1. The third kappa shape index (κ3) is 3.37. The summed E-state index contributed by atoms with van der Waals surface area (Å²) in [4.78, 5) is 28.6. The molecular weight excluding hydrogens is 332 g/mol. The fraction of sp³-hybridized carbons (Fsp3) is 0.211. The van der Waals surface area contributed by atoms with Gasteiger partial charge < -0.3 is 15.8 Å². The first-order valence-corrected chi connectivity index (χ1v) is 8.28. The van der Waals surface area contributed by atoms with E-state index < -0.39 is 6.09 Å². The molecule has 0 unspecified atom stereocenters. The first-order valence-electron chi connectivity index (χ1n) is 8.28. The largest absolute Gasteiger partial charge is 0.450 e. The molecule has 0 aliphatic heterocycles. The van der Waals surface area contributed by atoms with Crippen LogP contribution in [0.4, 0.5) is 10.5 Å². The van der Waals surface area contributed by atoms with Gasteiger partial charge in [0.25, 0.3) is 5.91 Å². The van der Waals surface area contributed by atoms with Gasteiger partial charge in [-0.1, -0.05) is 6.07 Å². The van der Waals surface area contributed by atoms with Crippen molar-refractivity contribution in [3.8, 4) is 0 Å². The second kappa shape index (κ2) is 7.26. The van der Waals surface area contributed by atoms with Gasteiger partial charge >= 0.3 is 6.09 Å². The number of nitrogens with two attached hydrogens (primary N) is 1. The van der Waals surface area contributed by atoms with Crippen molar-refractivity contribution in [3.63, 3.8) is 0 Å². The molecule has 0 radical (unpaired) electrons. The second-order valence-corrected chi connectivity index (χ2v) is 5.82. The molecule has 0 aliphatic rings. The highest BCUT2D eigenvalue weighted by Crippen LogP contribution is 2.25. The van der Waals surface area contributed by atoms with E-state index in [1.165, 1.54) is 0 Å². The van der Waals surface area contributed by atoms with E-state index in [0.717, 1.165) is 16.6 Å². The molecule has 1 aromatic carbocycles. The van der Waals surface area contributed by atoms with Crippen molar-refractivity contribution >= 4 is 28.6 Å². The van der Waals surface area contributed by atoms with E-state index >= 15 is 0 Å². The molecule has 2 heterocycles. The van der Waals surface area contributed by atoms with Crippen LogP contribution in [0.5, 0.6) is 0 Å². The van der Waals surface area contributed by atoms with Crippen LogP contribution in [0.15, 0.2) is 42.6 Å². The van der Waals surface area contributed by atoms with Crippen molar-refractivity contribution in [2.24, 2.45) is 0 Å². The molecule has 7 heteroatoms. The molecule has 0 bridgehead atoms. The maximum Gasteiger partial charge on any atom is 0.407 e. The number of ether oxygens (including phenoxy) is 1. The third-order valence-corrected chi connectivity index (χ3v) is 4.02. The van der Waals surface area contributed by atoms with Gasteiger partial charge in [-0.25, -0.2) is 4.79 Å². The van der Waals surface area contributed by atoms with Gasteiger partial charge in [0.2, 0.25) is 0 Å². The Morgan fingerprint density at radius 3 is 2.85 bits per heavy atom. The number of carbonyl (C=O) groups is 2. The van der Waals surface area contributed by atoms with Crippen LogP contribution in [-0.4, -0.2) is 28.2 Å². The van der Waals surface area contributed by atoms with Gasteiger partial charge in [-0.15, -0.1) is 0 Å². The number of hydrogen-bond donors (Lipinski definition) is 2. The van der Waals surface area contributed by atoms with Gasteiger partial charge in [0, 0.05) is 28.5 Å². The van der Waals surface area contributed by atoms with Gasteiger partial charge in [0.05, 0.1) is 24.4 Å². The summed E-state index contributed by atoms with van der Waals surface area (Å²) in [7, 11) is 0. The van der Waals surface area contributed by atoms with Gasteiger partial charge in [-0.2, -0.15) is 0 Å². The zero-order valence-electron chi connectivity index (χ0n) is 14.7. The normalized spacial score (nSPS) is 10.7. The Kier molecular flexibility index (Phi) is 4.88. The van der Waals surface area contributed by atoms with Crippen LogP contribution in [0.2, 0.25) is 0 Å². The van der Waals surface area contributed by atoms with Crippen LogP contribution in [0, 0.1) is 6.92 Å². The average Bonchev–Trinajstić information content (AvgIpc) is 2.97. The number of hydrogen-bond acceptors (Lipinski definition) is 5. The van der Waals surface area contributed by atoms with Crippen molar-refractivity contribution in [3.05, 3.63) is 59.5 Å². The molecule has 0 saturated carbocycles. The quantitative estimate of drug-likeness (QED) is 0.704. The molecule has 3 rings (SSSR count). The van der Waals surface area contributed by atoms with Crippen molar-refractivity contribution in [1.82, 2.24) is 14.9 Å². The number of carbonyl (C=O) groups excluding carboxylic acids is 2. The van der Waals surface area contributed by atoms with E-state index in [2.05, 4.69) is 10.3 Å². The summed E-state index contributed by atoms with van der Waals surface area (Å²) in [5.74, 6) is -0.178. The Morgan fingerprint density at radius 2 is 2.08 bits per heavy atom. The van der Waals surface area contributed by atoms with E-state index in [-0.39, 0.29) is 12.5 Å². The maximum absolute atomic E-state index is 13.0. The number of nitrogens with zero attached hydrogens (tertiary/aromatic N) is 2. The second-order valence-electron chi connectivity index (χ2n) is 5.82. The number of fused-ring (bicyclic) bond motifs is 1. The molecule has 26 heavy (non-hydrogen) atoms. The zero-order chi connectivity index (χ0) is 18.7. The fourth-order valence-electron chi connectivity index (χ4n) is 2.84. The van der Waals surface area contributed by atoms with E-state index in [9.17, 15) is 9.59 Å². The highest BCUT2D eigenvalue weighted by atomic mass is 16.5. The summed E-state index contributed by atoms with van der Waals surface area (Å²) in [6, 6.07) is 10.7. The number of benzene rings is 1. The van der Waals surface area contributed by atoms with Crippen LogP contribution in [0.3, 0.4) is 0 Å². The number of nitrogens with one attached hydrogen (secondary N) is 1. The molecule has 3 N–H and O–H groups in total. The lowest BCUT2D eigenvalue weighted by atomic mass is 10.2. The molecular formula is C19H20N4O3. The van der Waals surface area contributed by atoms with E-state index in [0.29, 0.717) is 23.6 Å². The van der Waals surface area contributed by atoms with E-state index in [1.807, 2.05) is 31.2 Å². The van der Waals surface area contributed by atoms with Crippen molar-refractivity contribution in [1.29, 1.82) is 0 Å². The van der Waals surface area contributed by atoms with Crippen LogP contribution >= 0.6 is 0 Å². The van der Waals surface area contributed by atoms with Crippen LogP contribution in [-0.2, 0) is 11.3 Å². The molecule has 0 fully saturated rings. The smallest absolute Gasteiger partial charge is 0.407 e. The predicted octanol–water partition coefficient (Wildman–Crippen LogP) is 2.86. The molecule has 1 amide bonds. The Morgan fingerprint density at radius 1 is 1.27 bits per heavy atom. The molecule has 3 aromatic rings. The molecule has 0 spiro atoms. The Hall–Kier alpha value is -3.35. The van der Waals surface area contributed by atoms with Gasteiger partial charge in [0.15, 0.2) is 0 Å². The molecule has 7 nitrogen and oxygen atoms in total. The Balaban J connectivity index is 1.89. The monoisotopic (exact) mass is 352 g/mol. The number of aromatic nitrogens is 2. The Labute approximate surface area is 150 Å². The highest BCUT2D eigenvalue weighted by Gasteiger charge is 2.16. The summed E-state index contributed by atoms with van der Waals surface area (Å²) in [5, 5.41) is 3.44. The summed E-state index contributed by atoms with van der Waals surface area (Å²) in [6.07, 6.45) is 1.03. The minimum atomic E-state index is -0.520. The Bertz CT molecular complexity index is 978. The molecule has 2 aromatic heterocycles. The fourth-order valence-corrected chi connectivity index (χ4v) is 2.84. The third-order valence-electron chi connectivity index (χ3n) is 4.02. The number of anilines is 1. The average molecular weight is 352 g/mol. The molecule has 0 atom stereocenters. The maximum atomic E-state index is 13.0. The van der Waals surface area contributed by atoms with Crippen molar-refractivity contribution in [2.75, 3.05) is 12.3 Å². The first kappa shape index (κ1) is 17.5. The minimum absolute atomic E-state index is 0.178.